The van der Waals surface area contributed by atoms with E-state index in [2.05, 4.69) is 26.1 Å². The highest BCUT2D eigenvalue weighted by Gasteiger charge is 2.41. The molecule has 0 saturated heterocycles. The van der Waals surface area contributed by atoms with Gasteiger partial charge < -0.3 is 26.5 Å². The zero-order chi connectivity index (χ0) is 30.1. The molecule has 1 amide bonds. The van der Waals surface area contributed by atoms with Gasteiger partial charge in [0, 0.05) is 42.2 Å². The number of amides is 1. The number of carbonyl (C=O) groups is 1. The molecule has 5 N–H and O–H groups in total. The predicted octanol–water partition coefficient (Wildman–Crippen LogP) is 4.20. The van der Waals surface area contributed by atoms with E-state index in [-0.39, 0.29) is 35.3 Å². The topological polar surface area (TPSA) is 136 Å². The zero-order valence-electron chi connectivity index (χ0n) is 23.2. The van der Waals surface area contributed by atoms with E-state index in [0.29, 0.717) is 5.84 Å². The van der Waals surface area contributed by atoms with Crippen LogP contribution in [0.15, 0.2) is 58.6 Å². The van der Waals surface area contributed by atoms with Crippen molar-refractivity contribution in [1.29, 1.82) is 0 Å². The average Bonchev–Trinajstić information content (AvgIpc) is 3.58. The Bertz CT molecular complexity index is 1560. The smallest absolute Gasteiger partial charge is 0.399 e. The van der Waals surface area contributed by atoms with Crippen molar-refractivity contribution in [3.63, 3.8) is 0 Å². The van der Waals surface area contributed by atoms with E-state index in [1.54, 1.807) is 13.8 Å². The molecule has 2 heterocycles. The van der Waals surface area contributed by atoms with E-state index in [1.807, 2.05) is 24.3 Å². The van der Waals surface area contributed by atoms with E-state index in [4.69, 9.17) is 10.6 Å². The fraction of sp³-hybridized carbons (Fsp3) is 0.379. The minimum Gasteiger partial charge on any atom is -0.399 e. The molecule has 2 aliphatic rings. The number of benzene rings is 2. The van der Waals surface area contributed by atoms with E-state index < -0.39 is 35.5 Å². The van der Waals surface area contributed by atoms with Crippen LogP contribution in [-0.2, 0) is 28.9 Å². The maximum Gasteiger partial charge on any atom is 0.416 e. The summed E-state index contributed by atoms with van der Waals surface area (Å²) in [6.45, 7) is 3.33. The molecule has 42 heavy (non-hydrogen) atoms. The SMILES string of the molecule is CC(C)Nc1ncc(-c2cc(N)cc(C(F)(F)F)c2)n(CC(=O)NCc2ccc(C3=NOC4(CCCC4)N3)cc2)c1=O. The lowest BCUT2D eigenvalue weighted by molar-refractivity contribution is -0.137. The highest BCUT2D eigenvalue weighted by atomic mass is 19.4. The first-order valence-corrected chi connectivity index (χ1v) is 13.7. The molecule has 0 bridgehead atoms. The summed E-state index contributed by atoms with van der Waals surface area (Å²) in [5.74, 6) is 0.129. The van der Waals surface area contributed by atoms with E-state index in [1.165, 1.54) is 12.3 Å². The van der Waals surface area contributed by atoms with Gasteiger partial charge in [-0.1, -0.05) is 29.4 Å². The second-order valence-electron chi connectivity index (χ2n) is 10.9. The highest BCUT2D eigenvalue weighted by molar-refractivity contribution is 5.99. The monoisotopic (exact) mass is 583 g/mol. The number of nitrogens with two attached hydrogens (primary N) is 1. The number of amidine groups is 1. The molecule has 1 aliphatic heterocycles. The van der Waals surface area contributed by atoms with Gasteiger partial charge in [0.2, 0.25) is 11.6 Å². The first kappa shape index (κ1) is 29.0. The fourth-order valence-corrected chi connectivity index (χ4v) is 5.07. The van der Waals surface area contributed by atoms with Crippen LogP contribution in [0.4, 0.5) is 24.7 Å². The summed E-state index contributed by atoms with van der Waals surface area (Å²) >= 11 is 0. The quantitative estimate of drug-likeness (QED) is 0.292. The Morgan fingerprint density at radius 1 is 1.14 bits per heavy atom. The summed E-state index contributed by atoms with van der Waals surface area (Å²) < 4.78 is 41.5. The van der Waals surface area contributed by atoms with Gasteiger partial charge in [-0.3, -0.25) is 14.2 Å². The molecule has 0 radical (unpaired) electrons. The minimum absolute atomic E-state index is 0.0122. The van der Waals surface area contributed by atoms with Gasteiger partial charge in [-0.2, -0.15) is 13.2 Å². The number of nitrogens with zero attached hydrogens (tertiary/aromatic N) is 3. The van der Waals surface area contributed by atoms with Crippen molar-refractivity contribution in [2.45, 2.75) is 70.6 Å². The van der Waals surface area contributed by atoms with Crippen LogP contribution in [0.25, 0.3) is 11.3 Å². The molecule has 2 aromatic carbocycles. The van der Waals surface area contributed by atoms with Gasteiger partial charge >= 0.3 is 6.18 Å². The number of nitrogens with one attached hydrogen (secondary N) is 3. The maximum atomic E-state index is 13.5. The second-order valence-corrected chi connectivity index (χ2v) is 10.9. The highest BCUT2D eigenvalue weighted by Crippen LogP contribution is 2.35. The van der Waals surface area contributed by atoms with E-state index >= 15 is 0 Å². The van der Waals surface area contributed by atoms with Gasteiger partial charge in [-0.25, -0.2) is 4.98 Å². The number of alkyl halides is 3. The number of oxime groups is 1. The molecule has 0 unspecified atom stereocenters. The lowest BCUT2D eigenvalue weighted by atomic mass is 10.1. The summed E-state index contributed by atoms with van der Waals surface area (Å²) in [7, 11) is 0. The number of aromatic nitrogens is 2. The predicted molar refractivity (Wildman–Crippen MR) is 152 cm³/mol. The van der Waals surface area contributed by atoms with Crippen molar-refractivity contribution in [2.24, 2.45) is 5.16 Å². The van der Waals surface area contributed by atoms with Crippen molar-refractivity contribution in [2.75, 3.05) is 11.1 Å². The number of nitrogen functional groups attached to an aromatic ring is 1. The van der Waals surface area contributed by atoms with Gasteiger partial charge in [0.15, 0.2) is 11.7 Å². The lowest BCUT2D eigenvalue weighted by Gasteiger charge is -2.21. The summed E-state index contributed by atoms with van der Waals surface area (Å²) in [6, 6.07) is 10.3. The average molecular weight is 584 g/mol. The van der Waals surface area contributed by atoms with Crippen LogP contribution in [-0.4, -0.2) is 33.1 Å². The molecule has 1 spiro atoms. The van der Waals surface area contributed by atoms with Gasteiger partial charge in [-0.05, 0) is 50.5 Å². The Hall–Kier alpha value is -4.55. The Balaban J connectivity index is 1.32. The van der Waals surface area contributed by atoms with Gasteiger partial charge in [0.05, 0.1) is 17.5 Å². The minimum atomic E-state index is -4.65. The molecule has 1 saturated carbocycles. The molecule has 1 aromatic heterocycles. The Morgan fingerprint density at radius 2 is 1.86 bits per heavy atom. The van der Waals surface area contributed by atoms with E-state index in [0.717, 1.165) is 53.5 Å². The third-order valence-corrected chi connectivity index (χ3v) is 7.15. The summed E-state index contributed by atoms with van der Waals surface area (Å²) in [5, 5.41) is 13.3. The van der Waals surface area contributed by atoms with Gasteiger partial charge in [0.25, 0.3) is 5.56 Å². The Labute approximate surface area is 240 Å². The largest absolute Gasteiger partial charge is 0.416 e. The maximum absolute atomic E-state index is 13.5. The molecule has 5 rings (SSSR count). The number of hydrogen-bond acceptors (Lipinski definition) is 8. The number of anilines is 2. The second kappa shape index (κ2) is 11.4. The van der Waals surface area contributed by atoms with Gasteiger partial charge in [0.1, 0.15) is 6.54 Å². The number of carbonyl (C=O) groups excluding carboxylic acids is 1. The zero-order valence-corrected chi connectivity index (χ0v) is 23.2. The van der Waals surface area contributed by atoms with Crippen LogP contribution in [0.3, 0.4) is 0 Å². The first-order chi connectivity index (χ1) is 19.9. The van der Waals surface area contributed by atoms with Crippen LogP contribution < -0.4 is 27.2 Å². The summed E-state index contributed by atoms with van der Waals surface area (Å²) in [6.07, 6.45) is 0.591. The molecule has 222 valence electrons. The van der Waals surface area contributed by atoms with Crippen molar-refractivity contribution in [3.05, 3.63) is 75.7 Å². The van der Waals surface area contributed by atoms with Crippen molar-refractivity contribution in [3.8, 4) is 11.3 Å². The molecule has 10 nitrogen and oxygen atoms in total. The van der Waals surface area contributed by atoms with Crippen molar-refractivity contribution < 1.29 is 22.8 Å². The van der Waals surface area contributed by atoms with E-state index in [9.17, 15) is 22.8 Å². The van der Waals surface area contributed by atoms with Crippen LogP contribution in [0.5, 0.6) is 0 Å². The van der Waals surface area contributed by atoms with Crippen molar-refractivity contribution >= 4 is 23.2 Å². The summed E-state index contributed by atoms with van der Waals surface area (Å²) in [4.78, 5) is 36.1. The van der Waals surface area contributed by atoms with Crippen LogP contribution in [0.2, 0.25) is 0 Å². The lowest BCUT2D eigenvalue weighted by Crippen LogP contribution is -2.42. The standard InChI is InChI=1S/C29H32F3N7O3/c1-17(2)36-26-27(41)39(23(15-35-26)20-11-21(29(30,31)32)13-22(33)12-20)16-24(40)34-14-18-5-7-19(8-6-18)25-37-28(42-38-25)9-3-4-10-28/h5-8,11-13,15,17H,3-4,9-10,14,16,33H2,1-2H3,(H,34,40)(H,35,36)(H,37,38). The number of rotatable bonds is 8. The molecule has 1 aliphatic carbocycles. The molecule has 1 fully saturated rings. The third kappa shape index (κ3) is 6.34. The van der Waals surface area contributed by atoms with Crippen molar-refractivity contribution in [1.82, 2.24) is 20.2 Å². The summed E-state index contributed by atoms with van der Waals surface area (Å²) in [5.41, 5.74) is 5.28. The fourth-order valence-electron chi connectivity index (χ4n) is 5.07. The Morgan fingerprint density at radius 3 is 2.52 bits per heavy atom. The third-order valence-electron chi connectivity index (χ3n) is 7.15. The molecule has 13 heteroatoms. The molecular formula is C29H32F3N7O3. The number of hydrogen-bond donors (Lipinski definition) is 4. The first-order valence-electron chi connectivity index (χ1n) is 13.7. The van der Waals surface area contributed by atoms with Crippen LogP contribution in [0, 0.1) is 0 Å². The van der Waals surface area contributed by atoms with Gasteiger partial charge in [-0.15, -0.1) is 0 Å². The number of halogens is 3. The normalized spacial score (nSPS) is 15.8. The molecular weight excluding hydrogens is 551 g/mol. The van der Waals surface area contributed by atoms with Crippen LogP contribution >= 0.6 is 0 Å². The Kier molecular flexibility index (Phi) is 7.85. The molecule has 3 aromatic rings. The van der Waals surface area contributed by atoms with Crippen LogP contribution in [0.1, 0.15) is 56.2 Å². The molecule has 0 atom stereocenters.